The number of hydrogen-bond acceptors (Lipinski definition) is 2. The van der Waals surface area contributed by atoms with Crippen LogP contribution in [0.15, 0.2) is 43.7 Å². The SMILES string of the molecule is COc1c(Br)cc(Br)cc1CNc1cccc(C)c1Br. The lowest BCUT2D eigenvalue weighted by Crippen LogP contribution is -2.03. The molecule has 0 bridgehead atoms. The van der Waals surface area contributed by atoms with Crippen LogP contribution >= 0.6 is 47.8 Å². The molecule has 106 valence electrons. The Morgan fingerprint density at radius 3 is 2.60 bits per heavy atom. The molecule has 0 atom stereocenters. The minimum absolute atomic E-state index is 0.684. The predicted octanol–water partition coefficient (Wildman–Crippen LogP) is 5.90. The van der Waals surface area contributed by atoms with Crippen molar-refractivity contribution in [2.75, 3.05) is 12.4 Å². The van der Waals surface area contributed by atoms with Gasteiger partial charge in [0.15, 0.2) is 0 Å². The molecule has 0 aliphatic carbocycles. The molecule has 0 amide bonds. The molecule has 2 rings (SSSR count). The highest BCUT2D eigenvalue weighted by Crippen LogP contribution is 2.34. The van der Waals surface area contributed by atoms with E-state index in [1.54, 1.807) is 7.11 Å². The predicted molar refractivity (Wildman–Crippen MR) is 94.6 cm³/mol. The molecule has 0 unspecified atom stereocenters. The van der Waals surface area contributed by atoms with E-state index in [1.807, 2.05) is 12.1 Å². The molecule has 20 heavy (non-hydrogen) atoms. The van der Waals surface area contributed by atoms with E-state index in [4.69, 9.17) is 4.74 Å². The summed E-state index contributed by atoms with van der Waals surface area (Å²) >= 11 is 10.6. The van der Waals surface area contributed by atoms with Crippen molar-refractivity contribution in [3.05, 3.63) is 54.9 Å². The summed E-state index contributed by atoms with van der Waals surface area (Å²) in [5.74, 6) is 0.851. The van der Waals surface area contributed by atoms with Gasteiger partial charge in [0.1, 0.15) is 5.75 Å². The molecule has 0 radical (unpaired) electrons. The number of aryl methyl sites for hydroxylation is 1. The summed E-state index contributed by atoms with van der Waals surface area (Å²) in [6, 6.07) is 10.2. The molecule has 5 heteroatoms. The van der Waals surface area contributed by atoms with Gasteiger partial charge in [-0.25, -0.2) is 0 Å². The standard InChI is InChI=1S/C15H14Br3NO/c1-9-4-3-5-13(14(9)18)19-8-10-6-11(16)7-12(17)15(10)20-2/h3-7,19H,8H2,1-2H3. The highest BCUT2D eigenvalue weighted by molar-refractivity contribution is 9.11. The number of anilines is 1. The second-order valence-corrected chi connectivity index (χ2v) is 6.93. The smallest absolute Gasteiger partial charge is 0.138 e. The number of halogens is 3. The van der Waals surface area contributed by atoms with Gasteiger partial charge in [-0.3, -0.25) is 0 Å². The maximum absolute atomic E-state index is 5.45. The van der Waals surface area contributed by atoms with Crippen LogP contribution in [0.4, 0.5) is 5.69 Å². The Hall–Kier alpha value is -0.520. The van der Waals surface area contributed by atoms with E-state index in [2.05, 4.69) is 78.2 Å². The number of rotatable bonds is 4. The lowest BCUT2D eigenvalue weighted by Gasteiger charge is -2.14. The third-order valence-corrected chi connectivity index (χ3v) is 5.05. The van der Waals surface area contributed by atoms with Crippen LogP contribution in [0.3, 0.4) is 0 Å². The molecule has 0 spiro atoms. The fraction of sp³-hybridized carbons (Fsp3) is 0.200. The number of nitrogens with one attached hydrogen (secondary N) is 1. The van der Waals surface area contributed by atoms with Gasteiger partial charge in [-0.2, -0.15) is 0 Å². The van der Waals surface area contributed by atoms with Gasteiger partial charge < -0.3 is 10.1 Å². The quantitative estimate of drug-likeness (QED) is 0.609. The molecule has 0 aliphatic heterocycles. The summed E-state index contributed by atoms with van der Waals surface area (Å²) in [6.45, 7) is 2.76. The Kier molecular flexibility index (Phi) is 5.52. The van der Waals surface area contributed by atoms with Gasteiger partial charge in [-0.05, 0) is 62.5 Å². The Labute approximate surface area is 144 Å². The second kappa shape index (κ2) is 6.96. The minimum atomic E-state index is 0.684. The molecule has 0 aromatic heterocycles. The van der Waals surface area contributed by atoms with Gasteiger partial charge in [0, 0.05) is 26.7 Å². The van der Waals surface area contributed by atoms with Crippen LogP contribution in [0.5, 0.6) is 5.75 Å². The molecule has 0 heterocycles. The van der Waals surface area contributed by atoms with Crippen LogP contribution in [0.2, 0.25) is 0 Å². The fourth-order valence-corrected chi connectivity index (χ4v) is 3.83. The highest BCUT2D eigenvalue weighted by Gasteiger charge is 2.10. The zero-order valence-corrected chi connectivity index (χ0v) is 15.9. The largest absolute Gasteiger partial charge is 0.495 e. The lowest BCUT2D eigenvalue weighted by molar-refractivity contribution is 0.407. The Morgan fingerprint density at radius 2 is 1.90 bits per heavy atom. The topological polar surface area (TPSA) is 21.3 Å². The van der Waals surface area contributed by atoms with Crippen LogP contribution in [0.25, 0.3) is 0 Å². The van der Waals surface area contributed by atoms with E-state index in [0.717, 1.165) is 30.4 Å². The maximum Gasteiger partial charge on any atom is 0.138 e. The number of ether oxygens (including phenoxy) is 1. The van der Waals surface area contributed by atoms with Crippen molar-refractivity contribution in [2.24, 2.45) is 0 Å². The third-order valence-electron chi connectivity index (χ3n) is 2.95. The third kappa shape index (κ3) is 3.57. The molecule has 2 aromatic carbocycles. The van der Waals surface area contributed by atoms with E-state index in [-0.39, 0.29) is 0 Å². The molecule has 0 fully saturated rings. The van der Waals surface area contributed by atoms with Crippen molar-refractivity contribution in [3.8, 4) is 5.75 Å². The molecule has 2 nitrogen and oxygen atoms in total. The van der Waals surface area contributed by atoms with Gasteiger partial charge in [-0.15, -0.1) is 0 Å². The summed E-state index contributed by atoms with van der Waals surface area (Å²) in [4.78, 5) is 0. The monoisotopic (exact) mass is 461 g/mol. The summed E-state index contributed by atoms with van der Waals surface area (Å²) < 4.78 is 8.50. The highest BCUT2D eigenvalue weighted by atomic mass is 79.9. The number of methoxy groups -OCH3 is 1. The van der Waals surface area contributed by atoms with E-state index < -0.39 is 0 Å². The van der Waals surface area contributed by atoms with E-state index in [1.165, 1.54) is 5.56 Å². The first kappa shape index (κ1) is 15.9. The minimum Gasteiger partial charge on any atom is -0.495 e. The zero-order chi connectivity index (χ0) is 14.7. The van der Waals surface area contributed by atoms with Gasteiger partial charge in [0.2, 0.25) is 0 Å². The second-order valence-electron chi connectivity index (χ2n) is 4.37. The summed E-state index contributed by atoms with van der Waals surface area (Å²) in [6.07, 6.45) is 0. The Bertz CT molecular complexity index is 629. The Morgan fingerprint density at radius 1 is 1.15 bits per heavy atom. The van der Waals surface area contributed by atoms with Crippen molar-refractivity contribution in [3.63, 3.8) is 0 Å². The van der Waals surface area contributed by atoms with Crippen molar-refractivity contribution >= 4 is 53.5 Å². The van der Waals surface area contributed by atoms with Crippen LogP contribution in [0.1, 0.15) is 11.1 Å². The first-order chi connectivity index (χ1) is 9.52. The van der Waals surface area contributed by atoms with Crippen molar-refractivity contribution < 1.29 is 4.74 Å². The normalized spacial score (nSPS) is 10.4. The molecule has 2 aromatic rings. The zero-order valence-electron chi connectivity index (χ0n) is 11.1. The maximum atomic E-state index is 5.45. The molecular weight excluding hydrogens is 450 g/mol. The van der Waals surface area contributed by atoms with Crippen LogP contribution < -0.4 is 10.1 Å². The number of hydrogen-bond donors (Lipinski definition) is 1. The molecule has 0 saturated carbocycles. The fourth-order valence-electron chi connectivity index (χ4n) is 1.95. The molecular formula is C15H14Br3NO. The van der Waals surface area contributed by atoms with Crippen LogP contribution in [-0.4, -0.2) is 7.11 Å². The summed E-state index contributed by atoms with van der Waals surface area (Å²) in [5, 5.41) is 3.43. The molecule has 0 aliphatic rings. The first-order valence-corrected chi connectivity index (χ1v) is 8.41. The average Bonchev–Trinajstić information content (AvgIpc) is 2.40. The molecule has 0 saturated heterocycles. The lowest BCUT2D eigenvalue weighted by atomic mass is 10.2. The van der Waals surface area contributed by atoms with Gasteiger partial charge >= 0.3 is 0 Å². The van der Waals surface area contributed by atoms with Crippen molar-refractivity contribution in [1.29, 1.82) is 0 Å². The van der Waals surface area contributed by atoms with E-state index >= 15 is 0 Å². The van der Waals surface area contributed by atoms with E-state index in [0.29, 0.717) is 6.54 Å². The van der Waals surface area contributed by atoms with E-state index in [9.17, 15) is 0 Å². The molecule has 1 N–H and O–H groups in total. The average molecular weight is 464 g/mol. The number of benzene rings is 2. The Balaban J connectivity index is 2.25. The van der Waals surface area contributed by atoms with Gasteiger partial charge in [0.05, 0.1) is 11.6 Å². The van der Waals surface area contributed by atoms with Crippen molar-refractivity contribution in [1.82, 2.24) is 0 Å². The van der Waals surface area contributed by atoms with Gasteiger partial charge in [-0.1, -0.05) is 28.1 Å². The summed E-state index contributed by atoms with van der Waals surface area (Å²) in [7, 11) is 1.68. The van der Waals surface area contributed by atoms with Crippen molar-refractivity contribution in [2.45, 2.75) is 13.5 Å². The first-order valence-electron chi connectivity index (χ1n) is 6.04. The van der Waals surface area contributed by atoms with Gasteiger partial charge in [0.25, 0.3) is 0 Å². The van der Waals surface area contributed by atoms with Crippen LogP contribution in [0, 0.1) is 6.92 Å². The van der Waals surface area contributed by atoms with Crippen LogP contribution in [-0.2, 0) is 6.54 Å². The summed E-state index contributed by atoms with van der Waals surface area (Å²) in [5.41, 5.74) is 3.36.